The Bertz CT molecular complexity index is 734. The fourth-order valence-corrected chi connectivity index (χ4v) is 9.16. The van der Waals surface area contributed by atoms with E-state index in [-0.39, 0.29) is 24.0 Å². The average Bonchev–Trinajstić information content (AvgIpc) is 2.90. The molecule has 0 atom stereocenters. The molecule has 4 aliphatic rings. The van der Waals surface area contributed by atoms with Crippen LogP contribution < -0.4 is 15.1 Å². The largest absolute Gasteiger partial charge is 0.378 e. The molecule has 0 saturated carbocycles. The van der Waals surface area contributed by atoms with E-state index in [0.717, 1.165) is 105 Å². The maximum absolute atomic E-state index is 5.75. The standard InChI is InChI=1S/C23H38N4O4P.HI/c1-32(26-8-16-30-17-9-26,27-10-18-31-19-11-27)23-3-2-21(24-4-12-28-13-5-24)20-22(23)25-6-14-29-15-7-25;/h2-3,20H,4-19H2,1H3;1H/q+1;. The molecule has 4 fully saturated rings. The van der Waals surface area contributed by atoms with Crippen molar-refractivity contribution in [3.8, 4) is 0 Å². The van der Waals surface area contributed by atoms with Crippen molar-refractivity contribution in [3.63, 3.8) is 0 Å². The van der Waals surface area contributed by atoms with E-state index in [1.807, 2.05) is 0 Å². The Morgan fingerprint density at radius 2 is 1.03 bits per heavy atom. The van der Waals surface area contributed by atoms with Crippen molar-refractivity contribution in [3.05, 3.63) is 18.2 Å². The smallest absolute Gasteiger partial charge is 0.185 e. The van der Waals surface area contributed by atoms with Crippen molar-refractivity contribution in [2.75, 3.05) is 122 Å². The Kier molecular flexibility index (Phi) is 9.49. The number of rotatable bonds is 5. The van der Waals surface area contributed by atoms with E-state index < -0.39 is 7.56 Å². The summed E-state index contributed by atoms with van der Waals surface area (Å²) < 4.78 is 28.3. The van der Waals surface area contributed by atoms with Crippen molar-refractivity contribution >= 4 is 48.2 Å². The molecule has 0 unspecified atom stereocenters. The van der Waals surface area contributed by atoms with Gasteiger partial charge in [-0.15, -0.1) is 24.0 Å². The molecule has 0 aliphatic carbocycles. The van der Waals surface area contributed by atoms with Gasteiger partial charge in [-0.05, 0) is 18.2 Å². The summed E-state index contributed by atoms with van der Waals surface area (Å²) in [4.78, 5) is 5.03. The SMILES string of the molecule is C[P+](c1ccc(N2CCOCC2)cc1N1CCOCC1)(N1CCOCC1)N1CCOCC1.I. The Labute approximate surface area is 215 Å². The Hall–Kier alpha value is -0.260. The van der Waals surface area contributed by atoms with E-state index in [4.69, 9.17) is 18.9 Å². The summed E-state index contributed by atoms with van der Waals surface area (Å²) in [5.74, 6) is 0. The second kappa shape index (κ2) is 12.1. The number of anilines is 2. The van der Waals surface area contributed by atoms with Crippen LogP contribution in [0.25, 0.3) is 0 Å². The predicted molar refractivity (Wildman–Crippen MR) is 145 cm³/mol. The molecule has 1 aromatic rings. The van der Waals surface area contributed by atoms with E-state index in [1.165, 1.54) is 16.7 Å². The molecule has 186 valence electrons. The van der Waals surface area contributed by atoms with Crippen molar-refractivity contribution in [1.29, 1.82) is 0 Å². The molecule has 0 N–H and O–H groups in total. The van der Waals surface area contributed by atoms with E-state index in [0.29, 0.717) is 0 Å². The van der Waals surface area contributed by atoms with Gasteiger partial charge in [0.15, 0.2) is 12.9 Å². The predicted octanol–water partition coefficient (Wildman–Crippen LogP) is 1.74. The number of ether oxygens (including phenoxy) is 4. The summed E-state index contributed by atoms with van der Waals surface area (Å²) >= 11 is 0. The van der Waals surface area contributed by atoms with Crippen LogP contribution in [-0.2, 0) is 18.9 Å². The van der Waals surface area contributed by atoms with Gasteiger partial charge in [-0.2, -0.15) is 9.34 Å². The average molecular weight is 593 g/mol. The number of hydrogen-bond donors (Lipinski definition) is 0. The lowest BCUT2D eigenvalue weighted by molar-refractivity contribution is 0.0570. The van der Waals surface area contributed by atoms with Crippen LogP contribution in [0, 0.1) is 0 Å². The fourth-order valence-electron chi connectivity index (χ4n) is 5.32. The topological polar surface area (TPSA) is 49.9 Å². The van der Waals surface area contributed by atoms with Gasteiger partial charge < -0.3 is 28.7 Å². The highest BCUT2D eigenvalue weighted by Crippen LogP contribution is 2.62. The Balaban J connectivity index is 0.00000259. The number of nitrogens with zero attached hydrogens (tertiary/aromatic N) is 4. The van der Waals surface area contributed by atoms with Crippen LogP contribution in [0.1, 0.15) is 0 Å². The van der Waals surface area contributed by atoms with Crippen LogP contribution in [0.2, 0.25) is 0 Å². The Morgan fingerprint density at radius 1 is 0.606 bits per heavy atom. The molecule has 5 rings (SSSR count). The normalized spacial score (nSPS) is 23.9. The summed E-state index contributed by atoms with van der Waals surface area (Å²) in [6.07, 6.45) is 0. The second-order valence-electron chi connectivity index (χ2n) is 8.92. The molecule has 0 aromatic heterocycles. The van der Waals surface area contributed by atoms with Gasteiger partial charge in [-0.1, -0.05) is 0 Å². The van der Waals surface area contributed by atoms with Crippen molar-refractivity contribution in [2.24, 2.45) is 0 Å². The van der Waals surface area contributed by atoms with Gasteiger partial charge in [0.1, 0.15) is 0 Å². The summed E-state index contributed by atoms with van der Waals surface area (Å²) in [5, 5.41) is 1.50. The van der Waals surface area contributed by atoms with Gasteiger partial charge in [-0.25, -0.2) is 0 Å². The summed E-state index contributed by atoms with van der Waals surface area (Å²) in [5.41, 5.74) is 2.71. The third-order valence-corrected chi connectivity index (χ3v) is 11.5. The molecule has 8 nitrogen and oxygen atoms in total. The zero-order chi connectivity index (χ0) is 21.8. The summed E-state index contributed by atoms with van der Waals surface area (Å²) in [7, 11) is -1.76. The van der Waals surface area contributed by atoms with E-state index in [2.05, 4.69) is 44.0 Å². The molecule has 0 bridgehead atoms. The second-order valence-corrected chi connectivity index (χ2v) is 12.4. The van der Waals surface area contributed by atoms with Gasteiger partial charge in [-0.3, -0.25) is 0 Å². The van der Waals surface area contributed by atoms with E-state index in [1.54, 1.807) is 0 Å². The Morgan fingerprint density at radius 3 is 1.52 bits per heavy atom. The number of hydrogen-bond acceptors (Lipinski definition) is 8. The van der Waals surface area contributed by atoms with Gasteiger partial charge in [0.2, 0.25) is 0 Å². The lowest BCUT2D eigenvalue weighted by atomic mass is 10.2. The minimum absolute atomic E-state index is 0. The van der Waals surface area contributed by atoms with Gasteiger partial charge in [0, 0.05) is 31.9 Å². The molecule has 33 heavy (non-hydrogen) atoms. The van der Waals surface area contributed by atoms with Crippen LogP contribution in [0.15, 0.2) is 18.2 Å². The quantitative estimate of drug-likeness (QED) is 0.379. The first-order valence-corrected chi connectivity index (χ1v) is 14.2. The number of halogens is 1. The molecule has 4 heterocycles. The summed E-state index contributed by atoms with van der Waals surface area (Å²) in [6, 6.07) is 7.24. The van der Waals surface area contributed by atoms with Crippen molar-refractivity contribution in [2.45, 2.75) is 0 Å². The molecular weight excluding hydrogens is 554 g/mol. The highest BCUT2D eigenvalue weighted by atomic mass is 127. The molecule has 10 heteroatoms. The lowest BCUT2D eigenvalue weighted by Gasteiger charge is -2.45. The molecular formula is C23H39IN4O4P+. The van der Waals surface area contributed by atoms with Crippen molar-refractivity contribution < 1.29 is 18.9 Å². The highest BCUT2D eigenvalue weighted by molar-refractivity contribution is 14.0. The zero-order valence-corrected chi connectivity index (χ0v) is 23.0. The van der Waals surface area contributed by atoms with Gasteiger partial charge in [0.05, 0.1) is 91.4 Å². The number of benzene rings is 1. The van der Waals surface area contributed by atoms with Crippen LogP contribution in [0.4, 0.5) is 11.4 Å². The van der Waals surface area contributed by atoms with E-state index in [9.17, 15) is 0 Å². The van der Waals surface area contributed by atoms with Gasteiger partial charge >= 0.3 is 0 Å². The summed E-state index contributed by atoms with van der Waals surface area (Å²) in [6.45, 7) is 16.8. The first-order chi connectivity index (χ1) is 15.8. The molecule has 1 aromatic carbocycles. The molecule has 4 saturated heterocycles. The molecule has 0 spiro atoms. The molecule has 0 radical (unpaired) electrons. The van der Waals surface area contributed by atoms with Crippen LogP contribution >= 0.6 is 31.5 Å². The van der Waals surface area contributed by atoms with Crippen LogP contribution in [-0.4, -0.2) is 121 Å². The maximum atomic E-state index is 5.75. The minimum Gasteiger partial charge on any atom is -0.378 e. The number of morpholine rings is 4. The highest BCUT2D eigenvalue weighted by Gasteiger charge is 2.51. The minimum atomic E-state index is -1.76. The monoisotopic (exact) mass is 593 g/mol. The third kappa shape index (κ3) is 5.61. The first-order valence-electron chi connectivity index (χ1n) is 12.1. The lowest BCUT2D eigenvalue weighted by Crippen LogP contribution is -2.50. The van der Waals surface area contributed by atoms with Crippen LogP contribution in [0.3, 0.4) is 0 Å². The molecule has 4 aliphatic heterocycles. The van der Waals surface area contributed by atoms with Gasteiger partial charge in [0.25, 0.3) is 0 Å². The third-order valence-electron chi connectivity index (χ3n) is 7.22. The fraction of sp³-hybridized carbons (Fsp3) is 0.739. The van der Waals surface area contributed by atoms with Crippen LogP contribution in [0.5, 0.6) is 0 Å². The maximum Gasteiger partial charge on any atom is 0.185 e. The van der Waals surface area contributed by atoms with Crippen molar-refractivity contribution in [1.82, 2.24) is 9.34 Å². The van der Waals surface area contributed by atoms with E-state index >= 15 is 0 Å². The molecule has 0 amide bonds. The zero-order valence-electron chi connectivity index (χ0n) is 19.8. The first kappa shape index (κ1) is 25.8.